The van der Waals surface area contributed by atoms with E-state index >= 15 is 0 Å². The van der Waals surface area contributed by atoms with E-state index in [9.17, 15) is 13.2 Å². The molecule has 0 atom stereocenters. The van der Waals surface area contributed by atoms with Gasteiger partial charge in [-0.2, -0.15) is 8.42 Å². The van der Waals surface area contributed by atoms with Crippen molar-refractivity contribution in [2.45, 2.75) is 56.8 Å². The predicted octanol–water partition coefficient (Wildman–Crippen LogP) is 3.74. The van der Waals surface area contributed by atoms with Gasteiger partial charge in [-0.1, -0.05) is 57.2 Å². The van der Waals surface area contributed by atoms with Gasteiger partial charge < -0.3 is 18.9 Å². The molecule has 9 heteroatoms. The van der Waals surface area contributed by atoms with Gasteiger partial charge in [-0.05, 0) is 18.6 Å². The Kier molecular flexibility index (Phi) is 16.9. The summed E-state index contributed by atoms with van der Waals surface area (Å²) in [4.78, 5) is 11.7. The van der Waals surface area contributed by atoms with Gasteiger partial charge in [-0.3, -0.25) is 8.98 Å². The Bertz CT molecular complexity index is 678. The first-order valence-electron chi connectivity index (χ1n) is 11.4. The Balaban J connectivity index is 1.83. The number of carbonyl (C=O) groups excluding carboxylic acids is 1. The number of esters is 1. The van der Waals surface area contributed by atoms with Crippen LogP contribution < -0.4 is 0 Å². The van der Waals surface area contributed by atoms with E-state index in [1.807, 2.05) is 0 Å². The van der Waals surface area contributed by atoms with Crippen molar-refractivity contribution in [3.63, 3.8) is 0 Å². The highest BCUT2D eigenvalue weighted by Crippen LogP contribution is 2.10. The first kappa shape index (κ1) is 28.5. The van der Waals surface area contributed by atoms with Gasteiger partial charge in [0.15, 0.2) is 0 Å². The van der Waals surface area contributed by atoms with E-state index in [0.29, 0.717) is 39.5 Å². The average molecular weight is 475 g/mol. The van der Waals surface area contributed by atoms with Crippen LogP contribution in [-0.2, 0) is 38.0 Å². The van der Waals surface area contributed by atoms with E-state index in [-0.39, 0.29) is 30.7 Å². The van der Waals surface area contributed by atoms with Gasteiger partial charge in [0.2, 0.25) is 0 Å². The molecule has 0 saturated carbocycles. The normalized spacial score (nSPS) is 11.5. The third-order valence-electron chi connectivity index (χ3n) is 4.47. The topological polar surface area (TPSA) is 97.4 Å². The number of ether oxygens (including phenoxy) is 4. The van der Waals surface area contributed by atoms with E-state index in [1.54, 1.807) is 18.2 Å². The Hall–Kier alpha value is -1.52. The molecule has 0 fully saturated rings. The van der Waals surface area contributed by atoms with Crippen LogP contribution in [0.5, 0.6) is 0 Å². The fraction of sp³-hybridized carbons (Fsp3) is 0.696. The Morgan fingerprint density at radius 3 is 1.88 bits per heavy atom. The van der Waals surface area contributed by atoms with Gasteiger partial charge >= 0.3 is 5.97 Å². The number of rotatable bonds is 21. The molecule has 0 aromatic heterocycles. The van der Waals surface area contributed by atoms with Crippen LogP contribution in [0.1, 0.15) is 51.9 Å². The van der Waals surface area contributed by atoms with Crippen LogP contribution in [0.25, 0.3) is 0 Å². The van der Waals surface area contributed by atoms with Crippen LogP contribution in [0, 0.1) is 0 Å². The summed E-state index contributed by atoms with van der Waals surface area (Å²) >= 11 is 0. The minimum atomic E-state index is -3.75. The summed E-state index contributed by atoms with van der Waals surface area (Å²) in [6, 6.07) is 7.97. The molecule has 1 rings (SSSR count). The smallest absolute Gasteiger partial charge is 0.305 e. The fourth-order valence-corrected chi connectivity index (χ4v) is 3.65. The molecule has 8 nitrogen and oxygen atoms in total. The second kappa shape index (κ2) is 19.0. The zero-order valence-corrected chi connectivity index (χ0v) is 20.0. The summed E-state index contributed by atoms with van der Waals surface area (Å²) in [5.41, 5.74) is 0. The van der Waals surface area contributed by atoms with E-state index in [2.05, 4.69) is 6.92 Å². The maximum Gasteiger partial charge on any atom is 0.305 e. The van der Waals surface area contributed by atoms with Crippen LogP contribution in [0.3, 0.4) is 0 Å². The highest BCUT2D eigenvalue weighted by Gasteiger charge is 2.13. The van der Waals surface area contributed by atoms with E-state index in [1.165, 1.54) is 37.8 Å². The van der Waals surface area contributed by atoms with Gasteiger partial charge in [-0.15, -0.1) is 0 Å². The molecule has 0 aliphatic heterocycles. The summed E-state index contributed by atoms with van der Waals surface area (Å²) in [5.74, 6) is -0.168. The Morgan fingerprint density at radius 2 is 1.25 bits per heavy atom. The lowest BCUT2D eigenvalue weighted by molar-refractivity contribution is -0.145. The van der Waals surface area contributed by atoms with Gasteiger partial charge in [0.25, 0.3) is 10.1 Å². The fourth-order valence-electron chi connectivity index (χ4n) is 2.74. The van der Waals surface area contributed by atoms with Crippen LogP contribution in [0.15, 0.2) is 35.2 Å². The van der Waals surface area contributed by atoms with E-state index < -0.39 is 10.1 Å². The minimum absolute atomic E-state index is 0.0576. The summed E-state index contributed by atoms with van der Waals surface area (Å²) in [6.07, 6.45) is 7.33. The average Bonchev–Trinajstić information content (AvgIpc) is 2.79. The SMILES string of the molecule is CCCCCCCCC(=O)OCCOCCOCCOCCOS(=O)(=O)c1ccccc1. The van der Waals surface area contributed by atoms with Crippen molar-refractivity contribution in [3.8, 4) is 0 Å². The summed E-state index contributed by atoms with van der Waals surface area (Å²) in [6.45, 7) is 4.35. The second-order valence-electron chi connectivity index (χ2n) is 7.16. The molecule has 1 aromatic carbocycles. The van der Waals surface area contributed by atoms with Crippen molar-refractivity contribution >= 4 is 16.1 Å². The second-order valence-corrected chi connectivity index (χ2v) is 8.78. The molecule has 184 valence electrons. The molecule has 32 heavy (non-hydrogen) atoms. The van der Waals surface area contributed by atoms with Crippen molar-refractivity contribution in [1.29, 1.82) is 0 Å². The zero-order chi connectivity index (χ0) is 23.3. The Labute approximate surface area is 192 Å². The van der Waals surface area contributed by atoms with Gasteiger partial charge in [0, 0.05) is 6.42 Å². The molecule has 1 aromatic rings. The van der Waals surface area contributed by atoms with Gasteiger partial charge in [-0.25, -0.2) is 0 Å². The van der Waals surface area contributed by atoms with E-state index in [0.717, 1.165) is 12.8 Å². The molecule has 0 saturated heterocycles. The van der Waals surface area contributed by atoms with Crippen molar-refractivity contribution in [3.05, 3.63) is 30.3 Å². The summed E-state index contributed by atoms with van der Waals surface area (Å²) in [7, 11) is -3.75. The molecule has 0 unspecified atom stereocenters. The molecule has 0 amide bonds. The molecule has 0 heterocycles. The zero-order valence-electron chi connectivity index (χ0n) is 19.2. The van der Waals surface area contributed by atoms with Crippen LogP contribution in [0.2, 0.25) is 0 Å². The highest BCUT2D eigenvalue weighted by atomic mass is 32.2. The maximum absolute atomic E-state index is 11.9. The first-order chi connectivity index (χ1) is 15.6. The molecular weight excluding hydrogens is 436 g/mol. The monoisotopic (exact) mass is 474 g/mol. The molecular formula is C23H38O8S. The number of carbonyl (C=O) groups is 1. The van der Waals surface area contributed by atoms with Crippen molar-refractivity contribution in [1.82, 2.24) is 0 Å². The lowest BCUT2D eigenvalue weighted by Crippen LogP contribution is -2.15. The molecule has 0 aliphatic rings. The lowest BCUT2D eigenvalue weighted by atomic mass is 10.1. The van der Waals surface area contributed by atoms with Crippen molar-refractivity contribution < 1.29 is 36.3 Å². The number of unbranched alkanes of at least 4 members (excludes halogenated alkanes) is 5. The quantitative estimate of drug-likeness (QED) is 0.151. The van der Waals surface area contributed by atoms with Gasteiger partial charge in [0.1, 0.15) is 6.61 Å². The molecule has 0 N–H and O–H groups in total. The van der Waals surface area contributed by atoms with Gasteiger partial charge in [0.05, 0.1) is 51.1 Å². The summed E-state index contributed by atoms with van der Waals surface area (Å²) < 4.78 is 49.8. The number of hydrogen-bond donors (Lipinski definition) is 0. The third-order valence-corrected chi connectivity index (χ3v) is 5.79. The molecule has 0 bridgehead atoms. The number of hydrogen-bond acceptors (Lipinski definition) is 8. The largest absolute Gasteiger partial charge is 0.463 e. The minimum Gasteiger partial charge on any atom is -0.463 e. The van der Waals surface area contributed by atoms with Crippen LogP contribution in [-0.4, -0.2) is 67.2 Å². The molecule has 0 aliphatic carbocycles. The van der Waals surface area contributed by atoms with Crippen molar-refractivity contribution in [2.24, 2.45) is 0 Å². The van der Waals surface area contributed by atoms with Crippen LogP contribution in [0.4, 0.5) is 0 Å². The Morgan fingerprint density at radius 1 is 0.719 bits per heavy atom. The first-order valence-corrected chi connectivity index (χ1v) is 12.8. The lowest BCUT2D eigenvalue weighted by Gasteiger charge is -2.08. The molecule has 0 radical (unpaired) electrons. The highest BCUT2D eigenvalue weighted by molar-refractivity contribution is 7.86. The standard InChI is InChI=1S/C23H38O8S/c1-2-3-4-5-6-10-13-23(24)30-20-18-28-16-14-27-15-17-29-19-21-31-32(25,26)22-11-8-7-9-12-22/h7-9,11-12H,2-6,10,13-21H2,1H3. The predicted molar refractivity (Wildman–Crippen MR) is 121 cm³/mol. The summed E-state index contributed by atoms with van der Waals surface area (Å²) in [5, 5.41) is 0. The molecule has 0 spiro atoms. The van der Waals surface area contributed by atoms with E-state index in [4.69, 9.17) is 23.1 Å². The maximum atomic E-state index is 11.9. The number of benzene rings is 1. The van der Waals surface area contributed by atoms with Crippen molar-refractivity contribution in [2.75, 3.05) is 52.9 Å². The van der Waals surface area contributed by atoms with Crippen LogP contribution >= 0.6 is 0 Å². The third kappa shape index (κ3) is 15.3.